The molecule has 0 heterocycles. The Balaban J connectivity index is 3.65. The fourth-order valence-electron chi connectivity index (χ4n) is 6.29. The molecule has 0 bridgehead atoms. The number of carboxylic acids is 2. The maximum absolute atomic E-state index is 12.3. The Morgan fingerprint density at radius 1 is 0.492 bits per heavy atom. The molecule has 0 aromatic carbocycles. The molecule has 3 amide bonds. The first kappa shape index (κ1) is 57.4. The Labute approximate surface area is 365 Å². The van der Waals surface area contributed by atoms with Crippen LogP contribution in [-0.2, 0) is 47.7 Å². The molecule has 1 unspecified atom stereocenters. The molecule has 0 fully saturated rings. The first-order valence-corrected chi connectivity index (χ1v) is 22.6. The summed E-state index contributed by atoms with van der Waals surface area (Å²) in [6, 6.07) is -1.26. The van der Waals surface area contributed by atoms with Crippen LogP contribution in [0.5, 0.6) is 0 Å². The molecular weight excluding hydrogens is 791 g/mol. The van der Waals surface area contributed by atoms with Crippen LogP contribution >= 0.6 is 0 Å². The van der Waals surface area contributed by atoms with Crippen LogP contribution in [0.4, 0.5) is 0 Å². The molecule has 354 valence electrons. The lowest BCUT2D eigenvalue weighted by molar-refractivity contribution is -0.142. The Morgan fingerprint density at radius 3 is 1.51 bits per heavy atom. The monoisotopic (exact) mass is 872 g/mol. The molecule has 0 spiro atoms. The van der Waals surface area contributed by atoms with Crippen LogP contribution < -0.4 is 26.6 Å². The number of amides is 3. The van der Waals surface area contributed by atoms with Gasteiger partial charge in [0.25, 0.3) is 0 Å². The highest BCUT2D eigenvalue weighted by Gasteiger charge is 2.21. The lowest BCUT2D eigenvalue weighted by Crippen LogP contribution is -2.41. The minimum Gasteiger partial charge on any atom is -0.481 e. The number of aliphatic carboxylic acids is 2. The highest BCUT2D eigenvalue weighted by Crippen LogP contribution is 2.14. The van der Waals surface area contributed by atoms with Crippen molar-refractivity contribution in [3.05, 3.63) is 12.3 Å². The Kier molecular flexibility index (Phi) is 39.2. The number of hydrogen-bond donors (Lipinski definition) is 7. The van der Waals surface area contributed by atoms with E-state index in [1.165, 1.54) is 44.9 Å². The molecular formula is C44H81N5O12. The molecule has 0 rings (SSSR count). The Bertz CT molecular complexity index is 1190. The number of likely N-dealkylation sites (N-methyl/N-ethyl adjacent to an activating group) is 1. The number of ether oxygens (including phenoxy) is 4. The Hall–Kier alpha value is -3.64. The zero-order valence-corrected chi connectivity index (χ0v) is 37.5. The van der Waals surface area contributed by atoms with Gasteiger partial charge in [-0.2, -0.15) is 0 Å². The third kappa shape index (κ3) is 40.2. The summed E-state index contributed by atoms with van der Waals surface area (Å²) in [6.07, 6.45) is 18.0. The van der Waals surface area contributed by atoms with E-state index in [0.29, 0.717) is 58.2 Å². The van der Waals surface area contributed by atoms with Crippen LogP contribution in [0.3, 0.4) is 0 Å². The van der Waals surface area contributed by atoms with Crippen LogP contribution in [0.1, 0.15) is 142 Å². The fourth-order valence-corrected chi connectivity index (χ4v) is 6.29. The molecule has 0 saturated heterocycles. The summed E-state index contributed by atoms with van der Waals surface area (Å²) >= 11 is 0. The number of rotatable bonds is 46. The first-order chi connectivity index (χ1) is 29.5. The number of ketones is 1. The standard InChI is InChI=1S/C44H81N5O12/c1-36(46-26-28-58-31-33-61-35-42(53)47-25-19-18-20-38(45-3)37(2)50)34-60-32-30-59-29-27-48-40(51)24-23-39(44(56)57)49-41(52)21-16-14-12-10-8-6-4-5-7-9-11-13-15-17-22-43(54)55/h38-39,45-46H,1,4-35H2,2-3H3,(H,47,53)(H,48,51)(H,49,52)(H,54,55)(H,56,57)/t38-,39?/m0/s1. The maximum atomic E-state index is 12.3. The normalized spacial score (nSPS) is 12.0. The summed E-state index contributed by atoms with van der Waals surface area (Å²) in [4.78, 5) is 70.0. The number of carboxylic acid groups (broad SMARTS) is 2. The van der Waals surface area contributed by atoms with Gasteiger partial charge in [-0.25, -0.2) is 4.79 Å². The summed E-state index contributed by atoms with van der Waals surface area (Å²) in [7, 11) is 1.77. The quantitative estimate of drug-likeness (QED) is 0.0420. The number of carbonyl (C=O) groups excluding carboxylic acids is 4. The minimum atomic E-state index is -1.17. The van der Waals surface area contributed by atoms with Gasteiger partial charge >= 0.3 is 11.9 Å². The van der Waals surface area contributed by atoms with E-state index in [1.54, 1.807) is 14.0 Å². The summed E-state index contributed by atoms with van der Waals surface area (Å²) in [5, 5.41) is 32.3. The van der Waals surface area contributed by atoms with Gasteiger partial charge in [-0.05, 0) is 52.5 Å². The van der Waals surface area contributed by atoms with Crippen molar-refractivity contribution in [3.8, 4) is 0 Å². The molecule has 0 aromatic heterocycles. The van der Waals surface area contributed by atoms with E-state index in [1.807, 2.05) is 0 Å². The van der Waals surface area contributed by atoms with E-state index in [-0.39, 0.29) is 81.6 Å². The van der Waals surface area contributed by atoms with E-state index in [9.17, 15) is 33.9 Å². The lowest BCUT2D eigenvalue weighted by Gasteiger charge is -2.14. The molecule has 0 aromatic rings. The van der Waals surface area contributed by atoms with E-state index >= 15 is 0 Å². The summed E-state index contributed by atoms with van der Waals surface area (Å²) in [5.41, 5.74) is 0.684. The highest BCUT2D eigenvalue weighted by atomic mass is 16.5. The smallest absolute Gasteiger partial charge is 0.326 e. The number of nitrogens with one attached hydrogen (secondary N) is 5. The van der Waals surface area contributed by atoms with Gasteiger partial charge in [-0.3, -0.25) is 24.0 Å². The van der Waals surface area contributed by atoms with Crippen molar-refractivity contribution in [2.24, 2.45) is 0 Å². The fraction of sp³-hybridized carbons (Fsp3) is 0.818. The van der Waals surface area contributed by atoms with Crippen molar-refractivity contribution in [2.45, 2.75) is 154 Å². The van der Waals surface area contributed by atoms with Crippen LogP contribution in [0.2, 0.25) is 0 Å². The number of carbonyl (C=O) groups is 6. The average Bonchev–Trinajstić information content (AvgIpc) is 3.22. The van der Waals surface area contributed by atoms with E-state index in [4.69, 9.17) is 24.1 Å². The molecule has 2 atom stereocenters. The Morgan fingerprint density at radius 2 is 0.984 bits per heavy atom. The third-order valence-corrected chi connectivity index (χ3v) is 9.86. The molecule has 0 aliphatic rings. The highest BCUT2D eigenvalue weighted by molar-refractivity contribution is 5.84. The summed E-state index contributed by atoms with van der Waals surface area (Å²) < 4.78 is 21.8. The SMILES string of the molecule is C=C(COCCOCCNC(=O)CCC(NC(=O)CCCCCCCCCCCCCCCCC(=O)O)C(=O)O)NCCOCCOCC(=O)NCCCC[C@H](NC)C(C)=O. The second-order valence-electron chi connectivity index (χ2n) is 15.3. The summed E-state index contributed by atoms with van der Waals surface area (Å²) in [6.45, 7) is 9.03. The minimum absolute atomic E-state index is 0.00210. The van der Waals surface area contributed by atoms with Crippen molar-refractivity contribution >= 4 is 35.4 Å². The molecule has 0 aliphatic carbocycles. The van der Waals surface area contributed by atoms with Crippen molar-refractivity contribution in [2.75, 3.05) is 79.5 Å². The van der Waals surface area contributed by atoms with Crippen LogP contribution in [0.15, 0.2) is 12.3 Å². The zero-order valence-electron chi connectivity index (χ0n) is 37.5. The van der Waals surface area contributed by atoms with Gasteiger partial charge in [0, 0.05) is 44.6 Å². The topological polar surface area (TPSA) is 240 Å². The number of Topliss-reactive ketones (excluding diaryl/α,β-unsaturated/α-hetero) is 1. The second-order valence-corrected chi connectivity index (χ2v) is 15.3. The largest absolute Gasteiger partial charge is 0.481 e. The first-order valence-electron chi connectivity index (χ1n) is 22.6. The molecule has 0 aliphatic heterocycles. The molecule has 7 N–H and O–H groups in total. The van der Waals surface area contributed by atoms with E-state index in [0.717, 1.165) is 57.8 Å². The van der Waals surface area contributed by atoms with E-state index < -0.39 is 18.0 Å². The van der Waals surface area contributed by atoms with Gasteiger partial charge in [-0.15, -0.1) is 0 Å². The van der Waals surface area contributed by atoms with Gasteiger partial charge in [-0.1, -0.05) is 83.6 Å². The molecule has 17 heteroatoms. The van der Waals surface area contributed by atoms with Crippen molar-refractivity contribution < 1.29 is 57.9 Å². The molecule has 61 heavy (non-hydrogen) atoms. The number of unbranched alkanes of at least 4 members (excludes halogenated alkanes) is 14. The molecule has 17 nitrogen and oxygen atoms in total. The maximum Gasteiger partial charge on any atom is 0.326 e. The second kappa shape index (κ2) is 41.7. The van der Waals surface area contributed by atoms with E-state index in [2.05, 4.69) is 33.2 Å². The molecule has 0 radical (unpaired) electrons. The number of hydrogen-bond acceptors (Lipinski definition) is 12. The van der Waals surface area contributed by atoms with Crippen LogP contribution in [0.25, 0.3) is 0 Å². The zero-order chi connectivity index (χ0) is 45.2. The van der Waals surface area contributed by atoms with Gasteiger partial charge < -0.3 is 55.7 Å². The molecule has 0 saturated carbocycles. The predicted molar refractivity (Wildman–Crippen MR) is 234 cm³/mol. The van der Waals surface area contributed by atoms with Crippen molar-refractivity contribution in [1.82, 2.24) is 26.6 Å². The average molecular weight is 872 g/mol. The predicted octanol–water partition coefficient (Wildman–Crippen LogP) is 4.41. The van der Waals surface area contributed by atoms with Crippen molar-refractivity contribution in [1.29, 1.82) is 0 Å². The van der Waals surface area contributed by atoms with Gasteiger partial charge in [0.1, 0.15) is 18.4 Å². The van der Waals surface area contributed by atoms with Crippen LogP contribution in [-0.4, -0.2) is 137 Å². The van der Waals surface area contributed by atoms with Gasteiger partial charge in [0.05, 0.1) is 52.3 Å². The van der Waals surface area contributed by atoms with Gasteiger partial charge in [0.2, 0.25) is 17.7 Å². The third-order valence-electron chi connectivity index (χ3n) is 9.86. The van der Waals surface area contributed by atoms with Gasteiger partial charge in [0.15, 0.2) is 0 Å². The summed E-state index contributed by atoms with van der Waals surface area (Å²) in [5.74, 6) is -2.58. The van der Waals surface area contributed by atoms with Crippen molar-refractivity contribution in [3.63, 3.8) is 0 Å². The van der Waals surface area contributed by atoms with Crippen LogP contribution in [0, 0.1) is 0 Å². The lowest BCUT2D eigenvalue weighted by atomic mass is 10.0.